The fourth-order valence-electron chi connectivity index (χ4n) is 1.65. The number of aliphatic carboxylic acids is 1. The zero-order valence-corrected chi connectivity index (χ0v) is 10.5. The lowest BCUT2D eigenvalue weighted by atomic mass is 9.96. The Bertz CT molecular complexity index is 375. The Balaban J connectivity index is 2.92. The molecule has 2 N–H and O–H groups in total. The summed E-state index contributed by atoms with van der Waals surface area (Å²) in [6.07, 6.45) is 0.448. The molecule has 0 spiro atoms. The molecule has 0 aromatic heterocycles. The van der Waals surface area contributed by atoms with Crippen LogP contribution in [0.1, 0.15) is 18.9 Å². The number of anilines is 1. The maximum absolute atomic E-state index is 11.4. The summed E-state index contributed by atoms with van der Waals surface area (Å²) in [5.74, 6) is -0.901. The van der Waals surface area contributed by atoms with Crippen molar-refractivity contribution in [2.45, 2.75) is 25.8 Å². The molecule has 0 saturated carbocycles. The van der Waals surface area contributed by atoms with Crippen molar-refractivity contribution in [3.05, 3.63) is 29.8 Å². The highest BCUT2D eigenvalue weighted by atomic mass is 16.5. The monoisotopic (exact) mass is 237 g/mol. The molecule has 0 fully saturated rings. The number of benzene rings is 1. The number of carboxylic acids is 1. The number of carboxylic acid groups (broad SMARTS) is 1. The van der Waals surface area contributed by atoms with Crippen molar-refractivity contribution in [3.63, 3.8) is 0 Å². The van der Waals surface area contributed by atoms with Crippen LogP contribution in [-0.2, 0) is 9.53 Å². The van der Waals surface area contributed by atoms with Crippen LogP contribution in [0.4, 0.5) is 5.69 Å². The third kappa shape index (κ3) is 3.20. The highest BCUT2D eigenvalue weighted by molar-refractivity contribution is 5.83. The SMILES string of the molecule is CCC(COC)(Nc1ccc(C)cc1)C(=O)O. The maximum atomic E-state index is 11.4. The number of aryl methyl sites for hydroxylation is 1. The topological polar surface area (TPSA) is 58.6 Å². The molecule has 1 aromatic carbocycles. The number of rotatable bonds is 6. The zero-order valence-electron chi connectivity index (χ0n) is 10.5. The molecule has 0 amide bonds. The summed E-state index contributed by atoms with van der Waals surface area (Å²) < 4.78 is 5.01. The van der Waals surface area contributed by atoms with Crippen molar-refractivity contribution in [1.82, 2.24) is 0 Å². The van der Waals surface area contributed by atoms with Crippen LogP contribution in [0.25, 0.3) is 0 Å². The van der Waals surface area contributed by atoms with Crippen LogP contribution in [-0.4, -0.2) is 30.3 Å². The number of methoxy groups -OCH3 is 1. The molecule has 4 heteroatoms. The van der Waals surface area contributed by atoms with Gasteiger partial charge in [-0.3, -0.25) is 0 Å². The molecule has 94 valence electrons. The highest BCUT2D eigenvalue weighted by Crippen LogP contribution is 2.20. The normalized spacial score (nSPS) is 14.1. The predicted molar refractivity (Wildman–Crippen MR) is 67.3 cm³/mol. The van der Waals surface area contributed by atoms with E-state index in [1.54, 1.807) is 0 Å². The van der Waals surface area contributed by atoms with Gasteiger partial charge in [-0.1, -0.05) is 24.6 Å². The summed E-state index contributed by atoms with van der Waals surface area (Å²) in [5.41, 5.74) is 0.862. The summed E-state index contributed by atoms with van der Waals surface area (Å²) >= 11 is 0. The van der Waals surface area contributed by atoms with Crippen molar-refractivity contribution < 1.29 is 14.6 Å². The van der Waals surface area contributed by atoms with Gasteiger partial charge in [0.25, 0.3) is 0 Å². The molecular formula is C13H19NO3. The Kier molecular flexibility index (Phi) is 4.52. The van der Waals surface area contributed by atoms with Gasteiger partial charge in [-0.05, 0) is 25.5 Å². The Morgan fingerprint density at radius 3 is 2.41 bits per heavy atom. The predicted octanol–water partition coefficient (Wildman–Crippen LogP) is 2.29. The molecule has 0 aliphatic carbocycles. The van der Waals surface area contributed by atoms with Crippen molar-refractivity contribution in [3.8, 4) is 0 Å². The minimum atomic E-state index is -1.07. The van der Waals surface area contributed by atoms with Gasteiger partial charge in [-0.25, -0.2) is 4.79 Å². The standard InChI is InChI=1S/C13H19NO3/c1-4-13(9-17-3,12(15)16)14-11-7-5-10(2)6-8-11/h5-8,14H,4,9H2,1-3H3,(H,15,16). The van der Waals surface area contributed by atoms with Gasteiger partial charge in [-0.15, -0.1) is 0 Å². The molecule has 1 unspecified atom stereocenters. The van der Waals surface area contributed by atoms with Gasteiger partial charge in [0.2, 0.25) is 0 Å². The highest BCUT2D eigenvalue weighted by Gasteiger charge is 2.36. The van der Waals surface area contributed by atoms with E-state index in [0.29, 0.717) is 6.42 Å². The third-order valence-electron chi connectivity index (χ3n) is 2.84. The van der Waals surface area contributed by atoms with E-state index in [2.05, 4.69) is 5.32 Å². The zero-order chi connectivity index (χ0) is 12.9. The number of hydrogen-bond acceptors (Lipinski definition) is 3. The van der Waals surface area contributed by atoms with E-state index in [1.807, 2.05) is 38.1 Å². The number of carbonyl (C=O) groups is 1. The average molecular weight is 237 g/mol. The van der Waals surface area contributed by atoms with Gasteiger partial charge in [0.05, 0.1) is 6.61 Å². The van der Waals surface area contributed by atoms with E-state index in [4.69, 9.17) is 4.74 Å². The van der Waals surface area contributed by atoms with E-state index in [0.717, 1.165) is 11.3 Å². The molecule has 1 aromatic rings. The second-order valence-electron chi connectivity index (χ2n) is 4.16. The van der Waals surface area contributed by atoms with Crippen molar-refractivity contribution >= 4 is 11.7 Å². The Morgan fingerprint density at radius 2 is 2.00 bits per heavy atom. The summed E-state index contributed by atoms with van der Waals surface area (Å²) in [5, 5.41) is 12.4. The smallest absolute Gasteiger partial charge is 0.331 e. The van der Waals surface area contributed by atoms with Crippen LogP contribution >= 0.6 is 0 Å². The van der Waals surface area contributed by atoms with Gasteiger partial charge in [0.15, 0.2) is 5.54 Å². The quantitative estimate of drug-likeness (QED) is 0.797. The largest absolute Gasteiger partial charge is 0.479 e. The van der Waals surface area contributed by atoms with Crippen molar-refractivity contribution in [2.24, 2.45) is 0 Å². The van der Waals surface area contributed by atoms with Gasteiger partial charge < -0.3 is 15.2 Å². The summed E-state index contributed by atoms with van der Waals surface area (Å²) in [4.78, 5) is 11.4. The van der Waals surface area contributed by atoms with E-state index in [1.165, 1.54) is 7.11 Å². The minimum absolute atomic E-state index is 0.132. The lowest BCUT2D eigenvalue weighted by Gasteiger charge is -2.29. The van der Waals surface area contributed by atoms with Crippen molar-refractivity contribution in [1.29, 1.82) is 0 Å². The van der Waals surface area contributed by atoms with Crippen LogP contribution in [0.15, 0.2) is 24.3 Å². The Labute approximate surface area is 102 Å². The second-order valence-corrected chi connectivity index (χ2v) is 4.16. The molecule has 17 heavy (non-hydrogen) atoms. The fourth-order valence-corrected chi connectivity index (χ4v) is 1.65. The van der Waals surface area contributed by atoms with Gasteiger partial charge in [0, 0.05) is 12.8 Å². The molecule has 0 saturated heterocycles. The van der Waals surface area contributed by atoms with E-state index < -0.39 is 11.5 Å². The fraction of sp³-hybridized carbons (Fsp3) is 0.462. The molecule has 1 atom stereocenters. The van der Waals surface area contributed by atoms with E-state index in [-0.39, 0.29) is 6.61 Å². The Hall–Kier alpha value is -1.55. The van der Waals surface area contributed by atoms with Crippen LogP contribution in [0.3, 0.4) is 0 Å². The number of hydrogen-bond donors (Lipinski definition) is 2. The maximum Gasteiger partial charge on any atom is 0.331 e. The van der Waals surface area contributed by atoms with Crippen LogP contribution in [0, 0.1) is 6.92 Å². The first-order chi connectivity index (χ1) is 8.04. The Morgan fingerprint density at radius 1 is 1.41 bits per heavy atom. The van der Waals surface area contributed by atoms with Gasteiger partial charge in [-0.2, -0.15) is 0 Å². The summed E-state index contributed by atoms with van der Waals surface area (Å²) in [6, 6.07) is 7.63. The third-order valence-corrected chi connectivity index (χ3v) is 2.84. The lowest BCUT2D eigenvalue weighted by Crippen LogP contribution is -2.49. The molecule has 0 heterocycles. The van der Waals surface area contributed by atoms with E-state index in [9.17, 15) is 9.90 Å². The first-order valence-electron chi connectivity index (χ1n) is 5.61. The van der Waals surface area contributed by atoms with Crippen LogP contribution in [0.2, 0.25) is 0 Å². The average Bonchev–Trinajstić information content (AvgIpc) is 2.31. The molecule has 0 aliphatic rings. The number of ether oxygens (including phenoxy) is 1. The van der Waals surface area contributed by atoms with Gasteiger partial charge >= 0.3 is 5.97 Å². The van der Waals surface area contributed by atoms with Crippen LogP contribution < -0.4 is 5.32 Å². The molecule has 0 aliphatic heterocycles. The van der Waals surface area contributed by atoms with Crippen LogP contribution in [0.5, 0.6) is 0 Å². The lowest BCUT2D eigenvalue weighted by molar-refractivity contribution is -0.144. The summed E-state index contributed by atoms with van der Waals surface area (Å²) in [7, 11) is 1.50. The number of nitrogens with one attached hydrogen (secondary N) is 1. The molecular weight excluding hydrogens is 218 g/mol. The molecule has 0 bridgehead atoms. The molecule has 4 nitrogen and oxygen atoms in total. The first-order valence-corrected chi connectivity index (χ1v) is 5.61. The first kappa shape index (κ1) is 13.5. The minimum Gasteiger partial charge on any atom is -0.479 e. The van der Waals surface area contributed by atoms with Crippen molar-refractivity contribution in [2.75, 3.05) is 19.0 Å². The second kappa shape index (κ2) is 5.68. The van der Waals surface area contributed by atoms with Gasteiger partial charge in [0.1, 0.15) is 0 Å². The van der Waals surface area contributed by atoms with E-state index >= 15 is 0 Å². The molecule has 0 radical (unpaired) electrons. The molecule has 1 rings (SSSR count). The summed E-state index contributed by atoms with van der Waals surface area (Å²) in [6.45, 7) is 3.95.